The third kappa shape index (κ3) is 2.33. The van der Waals surface area contributed by atoms with E-state index in [2.05, 4.69) is 19.9 Å². The molecular weight excluding hydrogens is 314 g/mol. The summed E-state index contributed by atoms with van der Waals surface area (Å²) in [4.78, 5) is 16.1. The average molecular weight is 326 g/mol. The van der Waals surface area contributed by atoms with E-state index in [1.165, 1.54) is 6.20 Å². The van der Waals surface area contributed by atoms with Gasteiger partial charge < -0.3 is 15.1 Å². The molecule has 114 valence electrons. The zero-order valence-electron chi connectivity index (χ0n) is 12.2. The van der Waals surface area contributed by atoms with Crippen LogP contribution in [0.5, 0.6) is 0 Å². The molecule has 0 unspecified atom stereocenters. The van der Waals surface area contributed by atoms with Gasteiger partial charge in [-0.25, -0.2) is 15.0 Å². The van der Waals surface area contributed by atoms with Gasteiger partial charge >= 0.3 is 0 Å². The van der Waals surface area contributed by atoms with Crippen LogP contribution < -0.4 is 5.73 Å². The molecule has 0 aliphatic heterocycles. The zero-order chi connectivity index (χ0) is 16.0. The number of nitrogens with zero attached hydrogens (tertiary/aromatic N) is 3. The van der Waals surface area contributed by atoms with Gasteiger partial charge in [0.1, 0.15) is 23.0 Å². The normalized spacial score (nSPS) is 11.2. The molecule has 7 heteroatoms. The van der Waals surface area contributed by atoms with Crippen molar-refractivity contribution >= 4 is 28.5 Å². The molecule has 23 heavy (non-hydrogen) atoms. The number of hydrogen-bond donors (Lipinski definition) is 2. The Balaban J connectivity index is 1.97. The Morgan fingerprint density at radius 1 is 1.17 bits per heavy atom. The number of fused-ring (bicyclic) bond motifs is 1. The summed E-state index contributed by atoms with van der Waals surface area (Å²) in [6, 6.07) is 7.43. The number of aryl methyl sites for hydroxylation is 1. The number of H-pyrrole nitrogens is 1. The molecule has 4 rings (SSSR count). The second-order valence-electron chi connectivity index (χ2n) is 5.16. The highest BCUT2D eigenvalue weighted by Gasteiger charge is 2.16. The Bertz CT molecular complexity index is 1020. The number of furan rings is 1. The number of benzene rings is 1. The predicted molar refractivity (Wildman–Crippen MR) is 89.0 cm³/mol. The predicted octanol–water partition coefficient (Wildman–Crippen LogP) is 3.82. The summed E-state index contributed by atoms with van der Waals surface area (Å²) in [7, 11) is 0. The van der Waals surface area contributed by atoms with Gasteiger partial charge in [0.25, 0.3) is 0 Å². The summed E-state index contributed by atoms with van der Waals surface area (Å²) in [6.45, 7) is 1.87. The summed E-state index contributed by atoms with van der Waals surface area (Å²) >= 11 is 6.32. The monoisotopic (exact) mass is 325 g/mol. The molecule has 1 aromatic carbocycles. The molecule has 3 aromatic heterocycles. The van der Waals surface area contributed by atoms with Gasteiger partial charge in [-0.1, -0.05) is 11.6 Å². The van der Waals surface area contributed by atoms with Crippen LogP contribution in [-0.2, 0) is 0 Å². The highest BCUT2D eigenvalue weighted by Crippen LogP contribution is 2.34. The number of nitrogens with one attached hydrogen (secondary N) is 1. The van der Waals surface area contributed by atoms with Crippen molar-refractivity contribution in [2.75, 3.05) is 5.73 Å². The third-order valence-electron chi connectivity index (χ3n) is 3.52. The second-order valence-corrected chi connectivity index (χ2v) is 5.56. The van der Waals surface area contributed by atoms with Crippen molar-refractivity contribution in [3.8, 4) is 22.7 Å². The number of hydrogen-bond acceptors (Lipinski definition) is 5. The summed E-state index contributed by atoms with van der Waals surface area (Å²) < 4.78 is 5.68. The highest BCUT2D eigenvalue weighted by molar-refractivity contribution is 6.35. The second kappa shape index (κ2) is 5.10. The maximum absolute atomic E-state index is 6.32. The van der Waals surface area contributed by atoms with Gasteiger partial charge in [-0.15, -0.1) is 0 Å². The fourth-order valence-corrected chi connectivity index (χ4v) is 2.76. The highest BCUT2D eigenvalue weighted by atomic mass is 35.5. The molecule has 4 aromatic rings. The van der Waals surface area contributed by atoms with E-state index in [9.17, 15) is 0 Å². The lowest BCUT2D eigenvalue weighted by molar-refractivity contribution is 0.546. The van der Waals surface area contributed by atoms with E-state index in [-0.39, 0.29) is 0 Å². The molecule has 0 amide bonds. The quantitative estimate of drug-likeness (QED) is 0.584. The number of rotatable bonds is 2. The minimum Gasteiger partial charge on any atom is -0.460 e. The van der Waals surface area contributed by atoms with Crippen molar-refractivity contribution in [3.63, 3.8) is 0 Å². The maximum Gasteiger partial charge on any atom is 0.154 e. The van der Waals surface area contributed by atoms with Crippen molar-refractivity contribution < 1.29 is 4.42 Å². The van der Waals surface area contributed by atoms with Gasteiger partial charge in [-0.05, 0) is 31.2 Å². The summed E-state index contributed by atoms with van der Waals surface area (Å²) in [5.41, 5.74) is 9.35. The van der Waals surface area contributed by atoms with Gasteiger partial charge in [-0.2, -0.15) is 0 Å². The van der Waals surface area contributed by atoms with E-state index >= 15 is 0 Å². The number of aromatic nitrogens is 4. The Morgan fingerprint density at radius 2 is 2.04 bits per heavy atom. The SMILES string of the molecule is Cc1ccc(-c2nc(N)cnc2-c2cc(Cl)c3[nH]cnc3c2)o1. The Hall–Kier alpha value is -2.86. The number of halogens is 1. The molecule has 0 fully saturated rings. The molecule has 0 saturated carbocycles. The van der Waals surface area contributed by atoms with E-state index in [0.29, 0.717) is 28.0 Å². The lowest BCUT2D eigenvalue weighted by Gasteiger charge is -2.08. The van der Waals surface area contributed by atoms with Crippen molar-refractivity contribution in [2.24, 2.45) is 0 Å². The first-order valence-corrected chi connectivity index (χ1v) is 7.32. The topological polar surface area (TPSA) is 93.6 Å². The summed E-state index contributed by atoms with van der Waals surface area (Å²) in [6.07, 6.45) is 3.11. The Kier molecular flexibility index (Phi) is 3.06. The summed E-state index contributed by atoms with van der Waals surface area (Å²) in [5, 5.41) is 0.565. The third-order valence-corrected chi connectivity index (χ3v) is 3.82. The number of anilines is 1. The number of aromatic amines is 1. The first-order valence-electron chi connectivity index (χ1n) is 6.94. The average Bonchev–Trinajstić information content (AvgIpc) is 3.16. The fourth-order valence-electron chi connectivity index (χ4n) is 2.49. The van der Waals surface area contributed by atoms with Crippen molar-refractivity contribution in [1.82, 2.24) is 19.9 Å². The van der Waals surface area contributed by atoms with Gasteiger partial charge in [0, 0.05) is 5.56 Å². The van der Waals surface area contributed by atoms with Crippen molar-refractivity contribution in [1.29, 1.82) is 0 Å². The van der Waals surface area contributed by atoms with Crippen LogP contribution in [0, 0.1) is 6.92 Å². The minimum atomic E-state index is 0.324. The zero-order valence-corrected chi connectivity index (χ0v) is 12.9. The largest absolute Gasteiger partial charge is 0.460 e. The van der Waals surface area contributed by atoms with Crippen molar-refractivity contribution in [2.45, 2.75) is 6.92 Å². The molecule has 0 spiro atoms. The van der Waals surface area contributed by atoms with Crippen LogP contribution in [0.3, 0.4) is 0 Å². The molecule has 0 aliphatic rings. The van der Waals surface area contributed by atoms with Crippen LogP contribution in [0.4, 0.5) is 5.82 Å². The molecule has 0 bridgehead atoms. The van der Waals surface area contributed by atoms with Crippen LogP contribution in [0.1, 0.15) is 5.76 Å². The van der Waals surface area contributed by atoms with Gasteiger partial charge in [0.2, 0.25) is 0 Å². The first kappa shape index (κ1) is 13.8. The van der Waals surface area contributed by atoms with E-state index in [4.69, 9.17) is 21.8 Å². The van der Waals surface area contributed by atoms with E-state index in [1.807, 2.05) is 31.2 Å². The number of nitrogens with two attached hydrogens (primary N) is 1. The smallest absolute Gasteiger partial charge is 0.154 e. The lowest BCUT2D eigenvalue weighted by Crippen LogP contribution is -1.98. The van der Waals surface area contributed by atoms with E-state index in [0.717, 1.165) is 22.4 Å². The Morgan fingerprint density at radius 3 is 2.83 bits per heavy atom. The minimum absolute atomic E-state index is 0.324. The number of imidazole rings is 1. The lowest BCUT2D eigenvalue weighted by atomic mass is 10.1. The molecule has 6 nitrogen and oxygen atoms in total. The number of nitrogen functional groups attached to an aromatic ring is 1. The van der Waals surface area contributed by atoms with Crippen LogP contribution in [0.2, 0.25) is 5.02 Å². The molecule has 0 atom stereocenters. The standard InChI is InChI=1S/C16H12ClN5O/c1-8-2-3-12(23-8)16-14(19-6-13(18)22-16)9-4-10(17)15-11(5-9)20-7-21-15/h2-7H,1H3,(H2,18,22)(H,20,21). The molecular formula is C16H12ClN5O. The van der Waals surface area contributed by atoms with Crippen LogP contribution in [0.15, 0.2) is 41.2 Å². The molecule has 0 saturated heterocycles. The van der Waals surface area contributed by atoms with E-state index in [1.54, 1.807) is 6.33 Å². The van der Waals surface area contributed by atoms with Gasteiger partial charge in [-0.3, -0.25) is 0 Å². The Labute approximate surface area is 136 Å². The van der Waals surface area contributed by atoms with Gasteiger partial charge in [0.05, 0.1) is 28.6 Å². The van der Waals surface area contributed by atoms with Crippen LogP contribution in [-0.4, -0.2) is 19.9 Å². The fraction of sp³-hybridized carbons (Fsp3) is 0.0625. The molecule has 0 radical (unpaired) electrons. The van der Waals surface area contributed by atoms with Crippen molar-refractivity contribution in [3.05, 3.63) is 47.6 Å². The molecule has 3 N–H and O–H groups in total. The maximum atomic E-state index is 6.32. The molecule has 3 heterocycles. The first-order chi connectivity index (χ1) is 11.1. The molecule has 0 aliphatic carbocycles. The summed E-state index contributed by atoms with van der Waals surface area (Å²) in [5.74, 6) is 1.72. The van der Waals surface area contributed by atoms with Crippen LogP contribution in [0.25, 0.3) is 33.7 Å². The van der Waals surface area contributed by atoms with Crippen LogP contribution >= 0.6 is 11.6 Å². The van der Waals surface area contributed by atoms with Gasteiger partial charge in [0.15, 0.2) is 5.76 Å². The van der Waals surface area contributed by atoms with E-state index < -0.39 is 0 Å².